The number of carbonyl (C=O) groups is 1. The Balaban J connectivity index is 2.16. The average molecular weight is 363 g/mol. The molecule has 0 spiro atoms. The summed E-state index contributed by atoms with van der Waals surface area (Å²) in [7, 11) is 0. The third kappa shape index (κ3) is 5.11. The molecule has 25 heavy (non-hydrogen) atoms. The zero-order chi connectivity index (χ0) is 18.2. The lowest BCUT2D eigenvalue weighted by Gasteiger charge is -2.28. The molecule has 5 nitrogen and oxygen atoms in total. The first kappa shape index (κ1) is 19.6. The van der Waals surface area contributed by atoms with E-state index in [1.807, 2.05) is 37.3 Å². The maximum absolute atomic E-state index is 13.0. The second-order valence-electron chi connectivity index (χ2n) is 6.03. The average Bonchev–Trinajstić information content (AvgIpc) is 2.96. The lowest BCUT2D eigenvalue weighted by atomic mass is 10.0. The first-order valence-electron chi connectivity index (χ1n) is 8.52. The third-order valence-electron chi connectivity index (χ3n) is 4.08. The second-order valence-corrected chi connectivity index (χ2v) is 6.38. The van der Waals surface area contributed by atoms with Crippen molar-refractivity contribution in [3.8, 4) is 0 Å². The van der Waals surface area contributed by atoms with Crippen molar-refractivity contribution in [3.05, 3.63) is 48.6 Å². The van der Waals surface area contributed by atoms with Crippen LogP contribution < -0.4 is 0 Å². The van der Waals surface area contributed by atoms with E-state index in [1.54, 1.807) is 6.08 Å². The summed E-state index contributed by atoms with van der Waals surface area (Å²) in [5.74, 6) is -0.355. The highest BCUT2D eigenvalue weighted by Gasteiger charge is 2.41. The van der Waals surface area contributed by atoms with Crippen LogP contribution >= 0.6 is 12.2 Å². The summed E-state index contributed by atoms with van der Waals surface area (Å²) < 4.78 is 11.0. The van der Waals surface area contributed by atoms with E-state index in [9.17, 15) is 9.90 Å². The highest BCUT2D eigenvalue weighted by Crippen LogP contribution is 2.21. The van der Waals surface area contributed by atoms with E-state index in [2.05, 4.69) is 6.58 Å². The number of amides is 1. The molecule has 1 aliphatic heterocycles. The Morgan fingerprint density at radius 3 is 2.88 bits per heavy atom. The number of benzene rings is 1. The van der Waals surface area contributed by atoms with Crippen LogP contribution in [0.2, 0.25) is 0 Å². The monoisotopic (exact) mass is 363 g/mol. The molecule has 0 aliphatic carbocycles. The fraction of sp³-hybridized carbons (Fsp3) is 0.474. The molecule has 1 saturated heterocycles. The molecular formula is C19H25NO4S. The van der Waals surface area contributed by atoms with Crippen molar-refractivity contribution in [3.63, 3.8) is 0 Å². The van der Waals surface area contributed by atoms with Crippen molar-refractivity contribution in [2.45, 2.75) is 44.4 Å². The van der Waals surface area contributed by atoms with Gasteiger partial charge in [-0.1, -0.05) is 49.8 Å². The van der Waals surface area contributed by atoms with Crippen LogP contribution in [0.1, 0.15) is 25.3 Å². The molecule has 3 atom stereocenters. The second kappa shape index (κ2) is 9.65. The smallest absolute Gasteiger partial charge is 0.266 e. The SMILES string of the molecule is C=CCO[C@@H](C(=O)N1C(=S)OC[C@@H]1Cc1ccccc1)[C@H](O)CCC. The normalized spacial score (nSPS) is 19.4. The molecule has 1 aromatic carbocycles. The zero-order valence-electron chi connectivity index (χ0n) is 14.5. The number of rotatable bonds is 9. The molecule has 1 heterocycles. The van der Waals surface area contributed by atoms with E-state index in [0.717, 1.165) is 12.0 Å². The Hall–Kier alpha value is -1.76. The van der Waals surface area contributed by atoms with Gasteiger partial charge in [-0.15, -0.1) is 6.58 Å². The highest BCUT2D eigenvalue weighted by atomic mass is 32.1. The predicted octanol–water partition coefficient (Wildman–Crippen LogP) is 2.47. The number of ether oxygens (including phenoxy) is 2. The van der Waals surface area contributed by atoms with Gasteiger partial charge in [0.05, 0.1) is 18.8 Å². The molecule has 1 aromatic rings. The number of aliphatic hydroxyl groups excluding tert-OH is 1. The summed E-state index contributed by atoms with van der Waals surface area (Å²) in [5.41, 5.74) is 1.09. The first-order valence-corrected chi connectivity index (χ1v) is 8.93. The van der Waals surface area contributed by atoms with Crippen molar-refractivity contribution in [2.24, 2.45) is 0 Å². The van der Waals surface area contributed by atoms with Gasteiger partial charge in [-0.05, 0) is 30.6 Å². The van der Waals surface area contributed by atoms with Crippen LogP contribution in [0.25, 0.3) is 0 Å². The van der Waals surface area contributed by atoms with Gasteiger partial charge in [0.2, 0.25) is 0 Å². The van der Waals surface area contributed by atoms with Crippen molar-refractivity contribution < 1.29 is 19.4 Å². The van der Waals surface area contributed by atoms with Gasteiger partial charge in [-0.3, -0.25) is 9.69 Å². The summed E-state index contributed by atoms with van der Waals surface area (Å²) in [6.45, 7) is 6.07. The van der Waals surface area contributed by atoms with Crippen LogP contribution in [0, 0.1) is 0 Å². The first-order chi connectivity index (χ1) is 12.1. The fourth-order valence-electron chi connectivity index (χ4n) is 2.87. The van der Waals surface area contributed by atoms with Gasteiger partial charge in [0.1, 0.15) is 6.61 Å². The predicted molar refractivity (Wildman–Crippen MR) is 100 cm³/mol. The molecule has 1 aliphatic rings. The topological polar surface area (TPSA) is 59.0 Å². The van der Waals surface area contributed by atoms with Crippen LogP contribution in [0.4, 0.5) is 0 Å². The minimum atomic E-state index is -0.976. The van der Waals surface area contributed by atoms with E-state index in [1.165, 1.54) is 4.90 Å². The summed E-state index contributed by atoms with van der Waals surface area (Å²) in [6, 6.07) is 9.66. The Labute approximate surface area is 154 Å². The van der Waals surface area contributed by atoms with Crippen LogP contribution in [-0.4, -0.2) is 52.6 Å². The van der Waals surface area contributed by atoms with Gasteiger partial charge >= 0.3 is 0 Å². The van der Waals surface area contributed by atoms with Crippen molar-refractivity contribution >= 4 is 23.3 Å². The molecule has 0 saturated carbocycles. The zero-order valence-corrected chi connectivity index (χ0v) is 15.3. The Bertz CT molecular complexity index is 592. The highest BCUT2D eigenvalue weighted by molar-refractivity contribution is 7.80. The standard InChI is InChI=1S/C19H25NO4S/c1-3-8-16(21)17(23-11-4-2)18(22)20-15(13-24-19(20)25)12-14-9-6-5-7-10-14/h4-7,9-10,15-17,21H,2-3,8,11-13H2,1H3/t15-,16+,17+/m0/s1. The van der Waals surface area contributed by atoms with E-state index in [4.69, 9.17) is 21.7 Å². The van der Waals surface area contributed by atoms with E-state index in [-0.39, 0.29) is 23.7 Å². The van der Waals surface area contributed by atoms with Crippen molar-refractivity contribution in [2.75, 3.05) is 13.2 Å². The van der Waals surface area contributed by atoms with Crippen LogP contribution in [0.3, 0.4) is 0 Å². The molecular weight excluding hydrogens is 338 g/mol. The Morgan fingerprint density at radius 1 is 1.52 bits per heavy atom. The molecule has 6 heteroatoms. The van der Waals surface area contributed by atoms with Gasteiger partial charge in [0, 0.05) is 0 Å². The minimum Gasteiger partial charge on any atom is -0.468 e. The number of aliphatic hydroxyl groups is 1. The number of hydrogen-bond donors (Lipinski definition) is 1. The van der Waals surface area contributed by atoms with E-state index < -0.39 is 12.2 Å². The minimum absolute atomic E-state index is 0.141. The fourth-order valence-corrected chi connectivity index (χ4v) is 3.18. The molecule has 136 valence electrons. The summed E-state index contributed by atoms with van der Waals surface area (Å²) in [5, 5.41) is 10.5. The molecule has 1 fully saturated rings. The maximum Gasteiger partial charge on any atom is 0.266 e. The van der Waals surface area contributed by atoms with Crippen LogP contribution in [0.5, 0.6) is 0 Å². The van der Waals surface area contributed by atoms with Crippen molar-refractivity contribution in [1.29, 1.82) is 0 Å². The number of nitrogens with zero attached hydrogens (tertiary/aromatic N) is 1. The summed E-state index contributed by atoms with van der Waals surface area (Å²) in [4.78, 5) is 14.5. The molecule has 0 bridgehead atoms. The molecule has 0 aromatic heterocycles. The van der Waals surface area contributed by atoms with Crippen LogP contribution in [0.15, 0.2) is 43.0 Å². The largest absolute Gasteiger partial charge is 0.468 e. The van der Waals surface area contributed by atoms with Gasteiger partial charge in [0.25, 0.3) is 11.1 Å². The van der Waals surface area contributed by atoms with Crippen molar-refractivity contribution in [1.82, 2.24) is 4.90 Å². The maximum atomic E-state index is 13.0. The lowest BCUT2D eigenvalue weighted by Crippen LogP contribution is -2.50. The molecule has 2 rings (SSSR count). The van der Waals surface area contributed by atoms with Gasteiger partial charge in [-0.2, -0.15) is 0 Å². The van der Waals surface area contributed by atoms with Gasteiger partial charge < -0.3 is 14.6 Å². The van der Waals surface area contributed by atoms with E-state index >= 15 is 0 Å². The Morgan fingerprint density at radius 2 is 2.24 bits per heavy atom. The summed E-state index contributed by atoms with van der Waals surface area (Å²) in [6.07, 6.45) is 1.54. The molecule has 0 radical (unpaired) electrons. The quantitative estimate of drug-likeness (QED) is 0.540. The van der Waals surface area contributed by atoms with Gasteiger partial charge in [0.15, 0.2) is 6.10 Å². The molecule has 1 amide bonds. The van der Waals surface area contributed by atoms with Gasteiger partial charge in [-0.25, -0.2) is 0 Å². The number of hydrogen-bond acceptors (Lipinski definition) is 5. The summed E-state index contributed by atoms with van der Waals surface area (Å²) >= 11 is 5.22. The number of carbonyl (C=O) groups excluding carboxylic acids is 1. The van der Waals surface area contributed by atoms with E-state index in [0.29, 0.717) is 19.4 Å². The number of thiocarbonyl (C=S) groups is 1. The third-order valence-corrected chi connectivity index (χ3v) is 4.40. The lowest BCUT2D eigenvalue weighted by molar-refractivity contribution is -0.147. The Kier molecular flexibility index (Phi) is 7.55. The molecule has 0 unspecified atom stereocenters. The van der Waals surface area contributed by atoms with Crippen LogP contribution in [-0.2, 0) is 20.7 Å². The molecule has 1 N–H and O–H groups in total.